The van der Waals surface area contributed by atoms with Crippen molar-refractivity contribution in [1.82, 2.24) is 10.9 Å². The zero-order chi connectivity index (χ0) is 22.2. The van der Waals surface area contributed by atoms with Crippen molar-refractivity contribution < 1.29 is 19.6 Å². The summed E-state index contributed by atoms with van der Waals surface area (Å²) < 4.78 is 0. The summed E-state index contributed by atoms with van der Waals surface area (Å²) in [5.41, 5.74) is 7.68. The second-order valence-corrected chi connectivity index (χ2v) is 7.65. The van der Waals surface area contributed by atoms with Gasteiger partial charge >= 0.3 is 0 Å². The van der Waals surface area contributed by atoms with Gasteiger partial charge in [0.2, 0.25) is 0 Å². The highest BCUT2D eigenvalue weighted by Gasteiger charge is 2.22. The van der Waals surface area contributed by atoms with Gasteiger partial charge in [-0.2, -0.15) is 0 Å². The van der Waals surface area contributed by atoms with Crippen molar-refractivity contribution in [3.8, 4) is 5.75 Å². The Balaban J connectivity index is 1.41. The summed E-state index contributed by atoms with van der Waals surface area (Å²) in [5, 5.41) is 9.41. The molecule has 2 aromatic rings. The van der Waals surface area contributed by atoms with Crippen LogP contribution in [0.5, 0.6) is 5.75 Å². The summed E-state index contributed by atoms with van der Waals surface area (Å²) in [7, 11) is 0. The minimum absolute atomic E-state index is 0.207. The number of nitrogens with one attached hydrogen (secondary N) is 3. The van der Waals surface area contributed by atoms with Gasteiger partial charge < -0.3 is 19.8 Å². The number of hydrogen-bond donors (Lipinski definition) is 4. The van der Waals surface area contributed by atoms with E-state index in [1.54, 1.807) is 24.3 Å². The number of hydrazine groups is 1. The number of phenolic OH excluding ortho intramolecular Hbond substituents is 1. The summed E-state index contributed by atoms with van der Waals surface area (Å²) >= 11 is 0. The molecule has 8 heteroatoms. The zero-order valence-electron chi connectivity index (χ0n) is 18.2. The topological polar surface area (TPSA) is 89.4 Å². The van der Waals surface area contributed by atoms with Crippen molar-refractivity contribution >= 4 is 23.2 Å². The number of carbonyl (C=O) groups excluding carboxylic acids is 2. The molecule has 1 fully saturated rings. The largest absolute Gasteiger partial charge is 0.508 e. The lowest BCUT2D eigenvalue weighted by molar-refractivity contribution is -0.892. The summed E-state index contributed by atoms with van der Waals surface area (Å²) in [6.07, 6.45) is 0. The molecule has 1 saturated heterocycles. The number of amides is 2. The van der Waals surface area contributed by atoms with Crippen LogP contribution in [0.1, 0.15) is 24.2 Å². The Morgan fingerprint density at radius 3 is 2.16 bits per heavy atom. The van der Waals surface area contributed by atoms with Gasteiger partial charge in [0.25, 0.3) is 11.8 Å². The summed E-state index contributed by atoms with van der Waals surface area (Å²) in [5.74, 6) is -0.278. The third-order valence-electron chi connectivity index (χ3n) is 5.67. The predicted molar refractivity (Wildman–Crippen MR) is 121 cm³/mol. The normalized spacial score (nSPS) is 14.2. The number of carbonyl (C=O) groups is 2. The molecule has 0 aliphatic carbocycles. The highest BCUT2D eigenvalue weighted by Crippen LogP contribution is 2.18. The third kappa shape index (κ3) is 6.11. The van der Waals surface area contributed by atoms with Crippen molar-refractivity contribution in [3.63, 3.8) is 0 Å². The Bertz CT molecular complexity index is 858. The molecule has 0 saturated carbocycles. The molecule has 0 bridgehead atoms. The maximum atomic E-state index is 12.3. The molecule has 0 atom stereocenters. The number of rotatable bonds is 7. The number of piperazine rings is 1. The second-order valence-electron chi connectivity index (χ2n) is 7.65. The smallest absolute Gasteiger partial charge is 0.293 e. The van der Waals surface area contributed by atoms with Crippen molar-refractivity contribution in [3.05, 3.63) is 54.1 Å². The fourth-order valence-electron chi connectivity index (χ4n) is 3.80. The Labute approximate surface area is 183 Å². The monoisotopic (exact) mass is 426 g/mol. The first kappa shape index (κ1) is 22.4. The Hall–Kier alpha value is -3.26. The first-order chi connectivity index (χ1) is 15.0. The van der Waals surface area contributed by atoms with E-state index < -0.39 is 0 Å². The minimum Gasteiger partial charge on any atom is -0.508 e. The van der Waals surface area contributed by atoms with Gasteiger partial charge in [-0.1, -0.05) is 0 Å². The molecule has 3 rings (SSSR count). The van der Waals surface area contributed by atoms with Crippen LogP contribution in [-0.4, -0.2) is 62.7 Å². The molecule has 2 aromatic carbocycles. The minimum atomic E-state index is -0.327. The average Bonchev–Trinajstić information content (AvgIpc) is 2.80. The number of hydrogen-bond acceptors (Lipinski definition) is 5. The van der Waals surface area contributed by atoms with Gasteiger partial charge in [0.05, 0.1) is 26.2 Å². The van der Waals surface area contributed by atoms with E-state index in [4.69, 9.17) is 0 Å². The van der Waals surface area contributed by atoms with E-state index in [-0.39, 0.29) is 17.6 Å². The molecule has 0 spiro atoms. The third-order valence-corrected chi connectivity index (χ3v) is 5.67. The number of nitrogens with zero attached hydrogens (tertiary/aromatic N) is 2. The lowest BCUT2D eigenvalue weighted by atomic mass is 10.2. The van der Waals surface area contributed by atoms with Crippen molar-refractivity contribution in [2.75, 3.05) is 55.6 Å². The average molecular weight is 427 g/mol. The summed E-state index contributed by atoms with van der Waals surface area (Å²) in [4.78, 5) is 30.2. The molecule has 1 heterocycles. The van der Waals surface area contributed by atoms with Gasteiger partial charge in [0.15, 0.2) is 6.54 Å². The maximum absolute atomic E-state index is 12.3. The molecule has 0 aromatic heterocycles. The van der Waals surface area contributed by atoms with E-state index in [9.17, 15) is 14.7 Å². The van der Waals surface area contributed by atoms with Gasteiger partial charge in [-0.15, -0.1) is 0 Å². The van der Waals surface area contributed by atoms with E-state index >= 15 is 0 Å². The van der Waals surface area contributed by atoms with Crippen molar-refractivity contribution in [2.45, 2.75) is 13.8 Å². The van der Waals surface area contributed by atoms with Crippen LogP contribution in [0.4, 0.5) is 11.4 Å². The summed E-state index contributed by atoms with van der Waals surface area (Å²) in [6.45, 7) is 9.63. The molecular formula is C23H32N5O3+. The highest BCUT2D eigenvalue weighted by atomic mass is 16.3. The zero-order valence-corrected chi connectivity index (χ0v) is 18.2. The molecular weight excluding hydrogens is 394 g/mol. The van der Waals surface area contributed by atoms with Gasteiger partial charge in [-0.05, 0) is 62.4 Å². The van der Waals surface area contributed by atoms with Crippen molar-refractivity contribution in [2.24, 2.45) is 0 Å². The molecule has 166 valence electrons. The quantitative estimate of drug-likeness (QED) is 0.482. The second kappa shape index (κ2) is 10.7. The number of benzene rings is 2. The van der Waals surface area contributed by atoms with Crippen LogP contribution in [0.2, 0.25) is 0 Å². The Morgan fingerprint density at radius 2 is 1.58 bits per heavy atom. The van der Waals surface area contributed by atoms with Crippen LogP contribution < -0.4 is 25.6 Å². The van der Waals surface area contributed by atoms with Gasteiger partial charge in [0.1, 0.15) is 5.75 Å². The number of anilines is 2. The van der Waals surface area contributed by atoms with E-state index in [0.717, 1.165) is 50.6 Å². The van der Waals surface area contributed by atoms with E-state index in [1.165, 1.54) is 4.90 Å². The SMILES string of the molecule is CCN(CC)c1ccc(C(=O)NNC(=O)C[NH+]2CCN(c3ccc(O)cc3)CC2)cc1. The first-order valence-electron chi connectivity index (χ1n) is 10.8. The Morgan fingerprint density at radius 1 is 0.968 bits per heavy atom. The number of phenols is 1. The fourth-order valence-corrected chi connectivity index (χ4v) is 3.80. The number of quaternary nitrogens is 1. The van der Waals surface area contributed by atoms with Crippen LogP contribution in [0.15, 0.2) is 48.5 Å². The van der Waals surface area contributed by atoms with E-state index in [1.807, 2.05) is 24.3 Å². The molecule has 1 aliphatic rings. The molecule has 31 heavy (non-hydrogen) atoms. The molecule has 0 radical (unpaired) electrons. The molecule has 1 aliphatic heterocycles. The highest BCUT2D eigenvalue weighted by molar-refractivity contribution is 5.95. The Kier molecular flexibility index (Phi) is 7.72. The molecule has 8 nitrogen and oxygen atoms in total. The van der Waals surface area contributed by atoms with Crippen molar-refractivity contribution in [1.29, 1.82) is 0 Å². The standard InChI is InChI=1S/C23H31N5O3/c1-3-27(4-2)19-7-5-18(6-8-19)23(31)25-24-22(30)17-26-13-15-28(16-14-26)20-9-11-21(29)12-10-20/h5-12,29H,3-4,13-17H2,1-2H3,(H,24,30)(H,25,31)/p+1. The van der Waals surface area contributed by atoms with Gasteiger partial charge in [-0.25, -0.2) is 0 Å². The van der Waals surface area contributed by atoms with Crippen LogP contribution in [0.3, 0.4) is 0 Å². The molecule has 0 unspecified atom stereocenters. The predicted octanol–water partition coefficient (Wildman–Crippen LogP) is 0.405. The molecule has 4 N–H and O–H groups in total. The van der Waals surface area contributed by atoms with Gasteiger partial charge in [0, 0.05) is 30.0 Å². The fraction of sp³-hybridized carbons (Fsp3) is 0.391. The first-order valence-corrected chi connectivity index (χ1v) is 10.8. The van der Waals surface area contributed by atoms with Crippen LogP contribution >= 0.6 is 0 Å². The van der Waals surface area contributed by atoms with Crippen LogP contribution in [-0.2, 0) is 4.79 Å². The molecule has 2 amide bonds. The van der Waals surface area contributed by atoms with E-state index in [2.05, 4.69) is 34.5 Å². The lowest BCUT2D eigenvalue weighted by Gasteiger charge is -2.33. The number of aromatic hydroxyl groups is 1. The van der Waals surface area contributed by atoms with Crippen LogP contribution in [0, 0.1) is 0 Å². The van der Waals surface area contributed by atoms with E-state index in [0.29, 0.717) is 12.1 Å². The maximum Gasteiger partial charge on any atom is 0.293 e. The summed E-state index contributed by atoms with van der Waals surface area (Å²) in [6, 6.07) is 14.5. The lowest BCUT2D eigenvalue weighted by Crippen LogP contribution is -3.16. The van der Waals surface area contributed by atoms with Gasteiger partial charge in [-0.3, -0.25) is 20.4 Å². The van der Waals surface area contributed by atoms with Crippen LogP contribution in [0.25, 0.3) is 0 Å².